The predicted molar refractivity (Wildman–Crippen MR) is 90.1 cm³/mol. The zero-order valence-electron chi connectivity index (χ0n) is 13.5. The molecule has 1 aromatic heterocycles. The lowest BCUT2D eigenvalue weighted by Gasteiger charge is -2.21. The van der Waals surface area contributed by atoms with E-state index >= 15 is 0 Å². The molecule has 2 rings (SSSR count). The Bertz CT molecular complexity index is 636. The first kappa shape index (κ1) is 16.0. The number of amides is 1. The third-order valence-electron chi connectivity index (χ3n) is 3.64. The Labute approximate surface area is 132 Å². The number of nitrogens with zero attached hydrogens (tertiary/aromatic N) is 2. The molecule has 0 fully saturated rings. The van der Waals surface area contributed by atoms with Gasteiger partial charge in [-0.15, -0.1) is 0 Å². The highest BCUT2D eigenvalue weighted by molar-refractivity contribution is 5.93. The van der Waals surface area contributed by atoms with Gasteiger partial charge >= 0.3 is 0 Å². The number of rotatable bonds is 6. The van der Waals surface area contributed by atoms with Gasteiger partial charge in [-0.05, 0) is 38.5 Å². The topological polar surface area (TPSA) is 45.2 Å². The van der Waals surface area contributed by atoms with Crippen molar-refractivity contribution in [2.75, 3.05) is 18.0 Å². The van der Waals surface area contributed by atoms with Crippen molar-refractivity contribution in [2.24, 2.45) is 0 Å². The van der Waals surface area contributed by atoms with Crippen LogP contribution in [0.5, 0.6) is 0 Å². The van der Waals surface area contributed by atoms with Crippen molar-refractivity contribution in [3.05, 3.63) is 59.4 Å². The molecule has 22 heavy (non-hydrogen) atoms. The fourth-order valence-corrected chi connectivity index (χ4v) is 2.42. The van der Waals surface area contributed by atoms with E-state index in [0.29, 0.717) is 12.2 Å². The van der Waals surface area contributed by atoms with Crippen molar-refractivity contribution < 1.29 is 4.79 Å². The molecule has 4 nitrogen and oxygen atoms in total. The number of benzene rings is 1. The molecule has 1 aromatic carbocycles. The Balaban J connectivity index is 2.05. The van der Waals surface area contributed by atoms with Gasteiger partial charge in [0.2, 0.25) is 0 Å². The molecule has 0 aliphatic rings. The summed E-state index contributed by atoms with van der Waals surface area (Å²) in [5.41, 5.74) is 3.76. The van der Waals surface area contributed by atoms with Gasteiger partial charge in [0, 0.05) is 31.5 Å². The summed E-state index contributed by atoms with van der Waals surface area (Å²) in [5.74, 6) is -0.143. The van der Waals surface area contributed by atoms with Crippen molar-refractivity contribution in [2.45, 2.75) is 27.3 Å². The summed E-state index contributed by atoms with van der Waals surface area (Å²) in [6, 6.07) is 11.9. The van der Waals surface area contributed by atoms with Gasteiger partial charge in [0.25, 0.3) is 5.91 Å². The Morgan fingerprint density at radius 1 is 1.18 bits per heavy atom. The van der Waals surface area contributed by atoms with E-state index in [1.165, 1.54) is 5.56 Å². The molecule has 1 heterocycles. The quantitative estimate of drug-likeness (QED) is 0.891. The highest BCUT2D eigenvalue weighted by Gasteiger charge is 2.10. The maximum atomic E-state index is 12.3. The molecule has 0 aliphatic heterocycles. The van der Waals surface area contributed by atoms with Gasteiger partial charge in [-0.3, -0.25) is 9.78 Å². The monoisotopic (exact) mass is 297 g/mol. The second-order valence-electron chi connectivity index (χ2n) is 5.24. The van der Waals surface area contributed by atoms with Crippen LogP contribution in [0.3, 0.4) is 0 Å². The van der Waals surface area contributed by atoms with E-state index in [2.05, 4.69) is 35.1 Å². The number of nitrogens with one attached hydrogen (secondary N) is 1. The van der Waals surface area contributed by atoms with Crippen molar-refractivity contribution in [1.82, 2.24) is 10.3 Å². The summed E-state index contributed by atoms with van der Waals surface area (Å²) in [7, 11) is 0. The molecular weight excluding hydrogens is 274 g/mol. The summed E-state index contributed by atoms with van der Waals surface area (Å²) in [6.45, 7) is 8.57. The second kappa shape index (κ2) is 7.59. The number of anilines is 1. The van der Waals surface area contributed by atoms with E-state index in [4.69, 9.17) is 0 Å². The lowest BCUT2D eigenvalue weighted by atomic mass is 10.1. The minimum Gasteiger partial charge on any atom is -0.372 e. The van der Waals surface area contributed by atoms with E-state index in [1.807, 2.05) is 37.3 Å². The van der Waals surface area contributed by atoms with Crippen LogP contribution in [0, 0.1) is 6.92 Å². The number of carbonyl (C=O) groups excluding carboxylic acids is 1. The Morgan fingerprint density at radius 2 is 1.95 bits per heavy atom. The van der Waals surface area contributed by atoms with Crippen LogP contribution in [-0.4, -0.2) is 24.0 Å². The van der Waals surface area contributed by atoms with Crippen LogP contribution in [0.2, 0.25) is 0 Å². The summed E-state index contributed by atoms with van der Waals surface area (Å²) >= 11 is 0. The first-order chi connectivity index (χ1) is 10.6. The fraction of sp³-hybridized carbons (Fsp3) is 0.333. The Kier molecular flexibility index (Phi) is 5.53. The zero-order chi connectivity index (χ0) is 15.9. The van der Waals surface area contributed by atoms with E-state index in [-0.39, 0.29) is 5.91 Å². The fourth-order valence-electron chi connectivity index (χ4n) is 2.42. The van der Waals surface area contributed by atoms with Crippen LogP contribution in [0.4, 0.5) is 5.69 Å². The summed E-state index contributed by atoms with van der Waals surface area (Å²) in [4.78, 5) is 18.6. The average molecular weight is 297 g/mol. The van der Waals surface area contributed by atoms with Crippen LogP contribution in [0.15, 0.2) is 42.6 Å². The molecule has 0 aliphatic carbocycles. The van der Waals surface area contributed by atoms with Crippen LogP contribution >= 0.6 is 0 Å². The van der Waals surface area contributed by atoms with Crippen molar-refractivity contribution in [1.29, 1.82) is 0 Å². The van der Waals surface area contributed by atoms with E-state index in [0.717, 1.165) is 24.3 Å². The molecule has 0 spiro atoms. The molecule has 116 valence electrons. The van der Waals surface area contributed by atoms with Gasteiger partial charge in [0.15, 0.2) is 0 Å². The van der Waals surface area contributed by atoms with Gasteiger partial charge in [0.05, 0.1) is 0 Å². The van der Waals surface area contributed by atoms with Crippen molar-refractivity contribution in [3.8, 4) is 0 Å². The maximum Gasteiger partial charge on any atom is 0.270 e. The molecule has 0 atom stereocenters. The number of hydrogen-bond acceptors (Lipinski definition) is 3. The molecule has 2 aromatic rings. The van der Waals surface area contributed by atoms with E-state index in [9.17, 15) is 4.79 Å². The van der Waals surface area contributed by atoms with E-state index in [1.54, 1.807) is 6.20 Å². The third kappa shape index (κ3) is 4.07. The summed E-state index contributed by atoms with van der Waals surface area (Å²) < 4.78 is 0. The van der Waals surface area contributed by atoms with Gasteiger partial charge in [-0.1, -0.05) is 29.8 Å². The molecule has 0 unspecified atom stereocenters. The predicted octanol–water partition coefficient (Wildman–Crippen LogP) is 3.17. The SMILES string of the molecule is CCN(CC)c1ccnc(C(=O)NCc2cccc(C)c2)c1. The van der Waals surface area contributed by atoms with Crippen LogP contribution < -0.4 is 10.2 Å². The number of aromatic nitrogens is 1. The number of pyridine rings is 1. The minimum atomic E-state index is -0.143. The second-order valence-corrected chi connectivity index (χ2v) is 5.24. The number of aryl methyl sites for hydroxylation is 1. The molecule has 1 amide bonds. The van der Waals surface area contributed by atoms with Crippen molar-refractivity contribution in [3.63, 3.8) is 0 Å². The average Bonchev–Trinajstić information content (AvgIpc) is 2.54. The summed E-state index contributed by atoms with van der Waals surface area (Å²) in [5, 5.41) is 2.92. The van der Waals surface area contributed by atoms with Gasteiger partial charge in [0.1, 0.15) is 5.69 Å². The lowest BCUT2D eigenvalue weighted by molar-refractivity contribution is 0.0946. The van der Waals surface area contributed by atoms with Gasteiger partial charge in [-0.25, -0.2) is 0 Å². The number of carbonyl (C=O) groups is 1. The molecule has 0 radical (unpaired) electrons. The lowest BCUT2D eigenvalue weighted by Crippen LogP contribution is -2.25. The maximum absolute atomic E-state index is 12.3. The largest absolute Gasteiger partial charge is 0.372 e. The minimum absolute atomic E-state index is 0.143. The van der Waals surface area contributed by atoms with Gasteiger partial charge < -0.3 is 10.2 Å². The molecule has 4 heteroatoms. The molecule has 0 saturated heterocycles. The van der Waals surface area contributed by atoms with Crippen LogP contribution in [-0.2, 0) is 6.54 Å². The van der Waals surface area contributed by atoms with Crippen LogP contribution in [0.1, 0.15) is 35.5 Å². The van der Waals surface area contributed by atoms with Gasteiger partial charge in [-0.2, -0.15) is 0 Å². The summed E-state index contributed by atoms with van der Waals surface area (Å²) in [6.07, 6.45) is 1.69. The smallest absolute Gasteiger partial charge is 0.270 e. The van der Waals surface area contributed by atoms with Crippen molar-refractivity contribution >= 4 is 11.6 Å². The molecule has 0 bridgehead atoms. The Morgan fingerprint density at radius 3 is 2.64 bits per heavy atom. The molecule has 1 N–H and O–H groups in total. The zero-order valence-corrected chi connectivity index (χ0v) is 13.5. The normalized spacial score (nSPS) is 10.3. The number of hydrogen-bond donors (Lipinski definition) is 1. The molecule has 0 saturated carbocycles. The first-order valence-corrected chi connectivity index (χ1v) is 7.68. The first-order valence-electron chi connectivity index (χ1n) is 7.68. The van der Waals surface area contributed by atoms with E-state index < -0.39 is 0 Å². The highest BCUT2D eigenvalue weighted by atomic mass is 16.1. The van der Waals surface area contributed by atoms with Crippen LogP contribution in [0.25, 0.3) is 0 Å². The Hall–Kier alpha value is -2.36. The standard InChI is InChI=1S/C18H23N3O/c1-4-21(5-2)16-9-10-19-17(12-16)18(22)20-13-15-8-6-7-14(3)11-15/h6-12H,4-5,13H2,1-3H3,(H,20,22). The molecular formula is C18H23N3O. The third-order valence-corrected chi connectivity index (χ3v) is 3.64. The highest BCUT2D eigenvalue weighted by Crippen LogP contribution is 2.14.